The van der Waals surface area contributed by atoms with E-state index in [1.54, 1.807) is 7.05 Å². The van der Waals surface area contributed by atoms with Crippen molar-refractivity contribution in [1.82, 2.24) is 25.0 Å². The fourth-order valence-electron chi connectivity index (χ4n) is 7.04. The number of aliphatic imine (C=N–C) groups is 2. The first-order chi connectivity index (χ1) is 22.8. The summed E-state index contributed by atoms with van der Waals surface area (Å²) in [6.07, 6.45) is 7.75. The molecule has 0 unspecified atom stereocenters. The molecule has 0 radical (unpaired) electrons. The second-order valence-electron chi connectivity index (χ2n) is 12.7. The Balaban J connectivity index is 0.968. The van der Waals surface area contributed by atoms with Gasteiger partial charge < -0.3 is 15.5 Å². The van der Waals surface area contributed by atoms with Crippen molar-refractivity contribution >= 4 is 46.2 Å². The van der Waals surface area contributed by atoms with E-state index in [9.17, 15) is 9.59 Å². The molecule has 0 aliphatic carbocycles. The smallest absolute Gasteiger partial charge is 0.237 e. The number of H-pyrrole nitrogens is 1. The Morgan fingerprint density at radius 2 is 1.87 bits per heavy atom. The zero-order valence-electron chi connectivity index (χ0n) is 26.8. The molecular weight excluding hydrogens is 590 g/mol. The summed E-state index contributed by atoms with van der Waals surface area (Å²) in [5, 5.41) is 8.62. The van der Waals surface area contributed by atoms with Gasteiger partial charge in [-0.15, -0.1) is 0 Å². The molecule has 0 saturated carbocycles. The Bertz CT molecular complexity index is 1910. The lowest BCUT2D eigenvalue weighted by Crippen LogP contribution is -2.43. The van der Waals surface area contributed by atoms with E-state index in [2.05, 4.69) is 42.2 Å². The molecule has 0 bridgehead atoms. The molecule has 3 aliphatic heterocycles. The minimum absolute atomic E-state index is 0.111. The van der Waals surface area contributed by atoms with Crippen LogP contribution >= 0.6 is 0 Å². The van der Waals surface area contributed by atoms with Gasteiger partial charge in [-0.2, -0.15) is 5.10 Å². The van der Waals surface area contributed by atoms with Crippen molar-refractivity contribution in [2.24, 2.45) is 21.1 Å². The molecule has 5 heterocycles. The van der Waals surface area contributed by atoms with E-state index in [1.165, 1.54) is 11.9 Å². The molecule has 2 aromatic heterocycles. The first-order valence-corrected chi connectivity index (χ1v) is 16.1. The number of aromatic nitrogens is 3. The van der Waals surface area contributed by atoms with E-state index in [1.807, 2.05) is 71.5 Å². The number of carbonyl (C=O) groups is 2. The van der Waals surface area contributed by atoms with Gasteiger partial charge in [-0.3, -0.25) is 29.6 Å². The number of nitrogens with one attached hydrogen (secondary N) is 1. The van der Waals surface area contributed by atoms with Crippen LogP contribution in [0.15, 0.2) is 76.9 Å². The van der Waals surface area contributed by atoms with Crippen LogP contribution in [0.5, 0.6) is 0 Å². The molecule has 11 heteroatoms. The maximum atomic E-state index is 13.9. The van der Waals surface area contributed by atoms with Gasteiger partial charge in [-0.25, -0.2) is 4.99 Å². The summed E-state index contributed by atoms with van der Waals surface area (Å²) in [5.74, 6) is 0.686. The van der Waals surface area contributed by atoms with Crippen molar-refractivity contribution < 1.29 is 9.59 Å². The van der Waals surface area contributed by atoms with Crippen LogP contribution in [-0.4, -0.2) is 95.3 Å². The minimum atomic E-state index is -0.450. The number of benzene rings is 2. The van der Waals surface area contributed by atoms with Crippen LogP contribution in [0.25, 0.3) is 27.7 Å². The number of pyridine rings is 1. The van der Waals surface area contributed by atoms with Crippen molar-refractivity contribution in [2.75, 3.05) is 51.2 Å². The van der Waals surface area contributed by atoms with Gasteiger partial charge in [-0.05, 0) is 74.2 Å². The number of aromatic amines is 1. The third-order valence-corrected chi connectivity index (χ3v) is 9.77. The topological polar surface area (TPSA) is 136 Å². The third-order valence-electron chi connectivity index (χ3n) is 9.77. The predicted octanol–water partition coefficient (Wildman–Crippen LogP) is 4.04. The number of aryl methyl sites for hydroxylation is 1. The molecule has 7 rings (SSSR count). The fraction of sp³-hybridized carbons (Fsp3) is 0.333. The van der Waals surface area contributed by atoms with Gasteiger partial charge in [0.25, 0.3) is 0 Å². The molecular formula is C36H39N9O2. The molecule has 47 heavy (non-hydrogen) atoms. The largest absolute Gasteiger partial charge is 0.383 e. The number of nitrogens with zero attached hydrogens (tertiary/aromatic N) is 7. The summed E-state index contributed by atoms with van der Waals surface area (Å²) >= 11 is 0. The molecule has 2 fully saturated rings. The first kappa shape index (κ1) is 30.5. The lowest BCUT2D eigenvalue weighted by molar-refractivity contribution is -0.132. The van der Waals surface area contributed by atoms with E-state index < -0.39 is 5.41 Å². The highest BCUT2D eigenvalue weighted by Crippen LogP contribution is 2.43. The molecule has 240 valence electrons. The molecule has 2 saturated heterocycles. The monoisotopic (exact) mass is 629 g/mol. The van der Waals surface area contributed by atoms with Crippen molar-refractivity contribution in [3.8, 4) is 11.3 Å². The van der Waals surface area contributed by atoms with Crippen LogP contribution in [0.4, 0.5) is 5.69 Å². The van der Waals surface area contributed by atoms with Crippen molar-refractivity contribution in [3.63, 3.8) is 0 Å². The predicted molar refractivity (Wildman–Crippen MR) is 185 cm³/mol. The molecule has 3 aliphatic rings. The average molecular weight is 630 g/mol. The third kappa shape index (κ3) is 5.94. The van der Waals surface area contributed by atoms with Gasteiger partial charge in [0.15, 0.2) is 0 Å². The van der Waals surface area contributed by atoms with Gasteiger partial charge >= 0.3 is 0 Å². The van der Waals surface area contributed by atoms with E-state index >= 15 is 0 Å². The second-order valence-corrected chi connectivity index (χ2v) is 12.7. The van der Waals surface area contributed by atoms with Crippen molar-refractivity contribution in [3.05, 3.63) is 83.7 Å². The number of amidine groups is 1. The van der Waals surface area contributed by atoms with Gasteiger partial charge in [0.1, 0.15) is 17.9 Å². The van der Waals surface area contributed by atoms with Crippen LogP contribution in [0.2, 0.25) is 0 Å². The van der Waals surface area contributed by atoms with Gasteiger partial charge in [-0.1, -0.05) is 30.3 Å². The van der Waals surface area contributed by atoms with E-state index in [-0.39, 0.29) is 11.8 Å². The van der Waals surface area contributed by atoms with Crippen molar-refractivity contribution in [1.29, 1.82) is 0 Å². The number of amides is 2. The molecule has 1 spiro atoms. The Morgan fingerprint density at radius 3 is 2.62 bits per heavy atom. The molecule has 1 atom stereocenters. The number of hydrogen-bond donors (Lipinski definition) is 2. The normalized spacial score (nSPS) is 20.7. The SMILES string of the molecule is CN=CN=C(N)c1ccc(C2=CCN(C(=O)CN3CC[C@]4(CCN(c5ccc6[nH]nc(-c7ccc(C)nc7)c6c5)C4=O)C3)CC2)cc1. The molecule has 2 aromatic carbocycles. The highest BCUT2D eigenvalue weighted by Gasteiger charge is 2.51. The summed E-state index contributed by atoms with van der Waals surface area (Å²) in [4.78, 5) is 45.7. The molecule has 2 amide bonds. The number of nitrogens with two attached hydrogens (primary N) is 1. The summed E-state index contributed by atoms with van der Waals surface area (Å²) in [5.41, 5.74) is 13.3. The second kappa shape index (κ2) is 12.6. The molecule has 4 aromatic rings. The molecule has 11 nitrogen and oxygen atoms in total. The minimum Gasteiger partial charge on any atom is -0.383 e. The number of fused-ring (bicyclic) bond motifs is 1. The maximum absolute atomic E-state index is 13.9. The Hall–Kier alpha value is -5.16. The lowest BCUT2D eigenvalue weighted by Gasteiger charge is -2.29. The van der Waals surface area contributed by atoms with E-state index in [0.29, 0.717) is 38.6 Å². The van der Waals surface area contributed by atoms with E-state index in [0.717, 1.165) is 70.5 Å². The Morgan fingerprint density at radius 1 is 1.06 bits per heavy atom. The number of rotatable bonds is 7. The fourth-order valence-corrected chi connectivity index (χ4v) is 7.04. The first-order valence-electron chi connectivity index (χ1n) is 16.1. The maximum Gasteiger partial charge on any atom is 0.237 e. The van der Waals surface area contributed by atoms with Crippen LogP contribution in [0.1, 0.15) is 36.1 Å². The van der Waals surface area contributed by atoms with Crippen LogP contribution in [-0.2, 0) is 9.59 Å². The molecule has 3 N–H and O–H groups in total. The number of carbonyl (C=O) groups excluding carboxylic acids is 2. The van der Waals surface area contributed by atoms with Gasteiger partial charge in [0.2, 0.25) is 11.8 Å². The Labute approximate surface area is 273 Å². The highest BCUT2D eigenvalue weighted by molar-refractivity contribution is 6.03. The summed E-state index contributed by atoms with van der Waals surface area (Å²) in [6.45, 7) is 5.57. The summed E-state index contributed by atoms with van der Waals surface area (Å²) < 4.78 is 0. The Kier molecular flexibility index (Phi) is 8.15. The summed E-state index contributed by atoms with van der Waals surface area (Å²) in [7, 11) is 1.65. The van der Waals surface area contributed by atoms with Crippen molar-refractivity contribution in [2.45, 2.75) is 26.2 Å². The summed E-state index contributed by atoms with van der Waals surface area (Å²) in [6, 6.07) is 18.0. The average Bonchev–Trinajstić information content (AvgIpc) is 3.81. The quantitative estimate of drug-likeness (QED) is 0.234. The number of hydrogen-bond acceptors (Lipinski definition) is 6. The number of likely N-dealkylation sites (tertiary alicyclic amines) is 1. The zero-order valence-corrected chi connectivity index (χ0v) is 26.8. The van der Waals surface area contributed by atoms with Crippen LogP contribution in [0.3, 0.4) is 0 Å². The van der Waals surface area contributed by atoms with E-state index in [4.69, 9.17) is 5.73 Å². The highest BCUT2D eigenvalue weighted by atomic mass is 16.2. The lowest BCUT2D eigenvalue weighted by atomic mass is 9.85. The zero-order chi connectivity index (χ0) is 32.5. The standard InChI is InChI=1S/C36H39N9O2/c1-24-3-4-28(20-39-24)33-30-19-29(9-10-31(30)41-42-33)45-18-14-36(35(45)47)13-17-43(22-36)21-32(46)44-15-11-26(12-16-44)25-5-7-27(8-6-25)34(37)40-23-38-2/h3-11,19-20,23H,12-18,21-22H2,1-2H3,(H,41,42)(H2,37,38,40)/t36-/m0/s1. The van der Waals surface area contributed by atoms with Gasteiger partial charge in [0.05, 0.1) is 17.5 Å². The van der Waals surface area contributed by atoms with Crippen LogP contribution in [0, 0.1) is 12.3 Å². The van der Waals surface area contributed by atoms with Gasteiger partial charge in [0, 0.05) is 67.3 Å². The van der Waals surface area contributed by atoms with Crippen LogP contribution < -0.4 is 10.6 Å². The number of anilines is 1.